The molecule has 0 saturated carbocycles. The van der Waals surface area contributed by atoms with E-state index in [1.165, 1.54) is 135 Å². The monoisotopic (exact) mass is 378 g/mol. The van der Waals surface area contributed by atoms with Crippen molar-refractivity contribution >= 4 is 0 Å². The molecule has 0 aliphatic carbocycles. The Bertz CT molecular complexity index is 278. The van der Waals surface area contributed by atoms with E-state index in [1.54, 1.807) is 0 Å². The average Bonchev–Trinajstić information content (AvgIpc) is 2.67. The highest BCUT2D eigenvalue weighted by molar-refractivity contribution is 4.80. The molecule has 0 aliphatic heterocycles. The van der Waals surface area contributed by atoms with Gasteiger partial charge in [-0.3, -0.25) is 0 Å². The van der Waals surface area contributed by atoms with Crippen LogP contribution in [0.2, 0.25) is 0 Å². The average molecular weight is 379 g/mol. The highest BCUT2D eigenvalue weighted by Crippen LogP contribution is 2.19. The van der Waals surface area contributed by atoms with Crippen molar-refractivity contribution in [3.8, 4) is 0 Å². The lowest BCUT2D eigenvalue weighted by Gasteiger charge is -2.11. The number of allylic oxidation sites excluding steroid dienone is 2. The first-order chi connectivity index (χ1) is 13.3. The van der Waals surface area contributed by atoms with Gasteiger partial charge in [-0.1, -0.05) is 148 Å². The maximum absolute atomic E-state index is 2.48. The van der Waals surface area contributed by atoms with Crippen LogP contribution in [0, 0.1) is 5.92 Å². The Labute approximate surface area is 174 Å². The zero-order valence-corrected chi connectivity index (χ0v) is 19.6. The lowest BCUT2D eigenvalue weighted by atomic mass is 9.95. The zero-order valence-electron chi connectivity index (χ0n) is 19.6. The Kier molecular flexibility index (Phi) is 23.5. The van der Waals surface area contributed by atoms with Crippen LogP contribution in [0.3, 0.4) is 0 Å². The summed E-state index contributed by atoms with van der Waals surface area (Å²) in [6.45, 7) is 7.04. The van der Waals surface area contributed by atoms with E-state index < -0.39 is 0 Å². The Hall–Kier alpha value is -0.260. The molecule has 0 saturated heterocycles. The Morgan fingerprint density at radius 2 is 0.852 bits per heavy atom. The lowest BCUT2D eigenvalue weighted by molar-refractivity contribution is 0.430. The molecule has 162 valence electrons. The predicted octanol–water partition coefficient (Wildman–Crippen LogP) is 10.4. The van der Waals surface area contributed by atoms with E-state index >= 15 is 0 Å². The van der Waals surface area contributed by atoms with Crippen molar-refractivity contribution in [1.29, 1.82) is 0 Å². The van der Waals surface area contributed by atoms with Crippen molar-refractivity contribution in [2.45, 2.75) is 156 Å². The predicted molar refractivity (Wildman–Crippen MR) is 127 cm³/mol. The molecule has 0 aliphatic rings. The van der Waals surface area contributed by atoms with Crippen LogP contribution < -0.4 is 0 Å². The molecule has 0 spiro atoms. The summed E-state index contributed by atoms with van der Waals surface area (Å²) in [5, 5.41) is 0. The summed E-state index contributed by atoms with van der Waals surface area (Å²) < 4.78 is 0. The molecule has 0 heteroatoms. The summed E-state index contributed by atoms with van der Waals surface area (Å²) in [4.78, 5) is 0. The molecule has 0 radical (unpaired) electrons. The number of hydrogen-bond donors (Lipinski definition) is 0. The zero-order chi connectivity index (χ0) is 19.8. The van der Waals surface area contributed by atoms with Crippen LogP contribution in [-0.2, 0) is 0 Å². The first-order valence-corrected chi connectivity index (χ1v) is 13.0. The van der Waals surface area contributed by atoms with Gasteiger partial charge in [0, 0.05) is 0 Å². The van der Waals surface area contributed by atoms with Gasteiger partial charge in [0.25, 0.3) is 0 Å². The third-order valence-electron chi connectivity index (χ3n) is 5.99. The summed E-state index contributed by atoms with van der Waals surface area (Å²) in [5.74, 6) is 0.961. The smallest absolute Gasteiger partial charge is 0.0351 e. The largest absolute Gasteiger partial charge is 0.0885 e. The minimum atomic E-state index is 0.961. The molecule has 27 heavy (non-hydrogen) atoms. The molecule has 0 aromatic rings. The van der Waals surface area contributed by atoms with Gasteiger partial charge in [-0.2, -0.15) is 0 Å². The lowest BCUT2D eigenvalue weighted by Crippen LogP contribution is -1.95. The SMILES string of the molecule is CCC/C=C\CCCCCCCCC(C)CCCCCCCCCCCC. The van der Waals surface area contributed by atoms with Crippen molar-refractivity contribution in [2.75, 3.05) is 0 Å². The van der Waals surface area contributed by atoms with Gasteiger partial charge in [0.1, 0.15) is 0 Å². The fourth-order valence-electron chi connectivity index (χ4n) is 3.99. The highest BCUT2D eigenvalue weighted by atomic mass is 14.1. The van der Waals surface area contributed by atoms with Crippen LogP contribution >= 0.6 is 0 Å². The summed E-state index contributed by atoms with van der Waals surface area (Å²) >= 11 is 0. The fraction of sp³-hybridized carbons (Fsp3) is 0.926. The van der Waals surface area contributed by atoms with Gasteiger partial charge >= 0.3 is 0 Å². The van der Waals surface area contributed by atoms with Crippen molar-refractivity contribution in [3.05, 3.63) is 12.2 Å². The summed E-state index contributed by atoms with van der Waals surface area (Å²) in [7, 11) is 0. The van der Waals surface area contributed by atoms with Gasteiger partial charge in [0.15, 0.2) is 0 Å². The topological polar surface area (TPSA) is 0 Å². The molecule has 0 amide bonds. The second-order valence-electron chi connectivity index (χ2n) is 9.03. The minimum Gasteiger partial charge on any atom is -0.0885 e. The van der Waals surface area contributed by atoms with E-state index in [4.69, 9.17) is 0 Å². The second kappa shape index (κ2) is 23.8. The van der Waals surface area contributed by atoms with Gasteiger partial charge in [0.2, 0.25) is 0 Å². The summed E-state index contributed by atoms with van der Waals surface area (Å²) in [6.07, 6.45) is 34.8. The normalized spacial score (nSPS) is 12.9. The van der Waals surface area contributed by atoms with Crippen LogP contribution in [0.4, 0.5) is 0 Å². The van der Waals surface area contributed by atoms with E-state index in [1.807, 2.05) is 0 Å². The third-order valence-corrected chi connectivity index (χ3v) is 5.99. The molecular formula is C27H54. The number of unbranched alkanes of at least 4 members (excludes halogenated alkanes) is 16. The maximum Gasteiger partial charge on any atom is -0.0351 e. The van der Waals surface area contributed by atoms with Crippen LogP contribution in [0.1, 0.15) is 156 Å². The van der Waals surface area contributed by atoms with E-state index in [-0.39, 0.29) is 0 Å². The van der Waals surface area contributed by atoms with Crippen LogP contribution in [0.5, 0.6) is 0 Å². The summed E-state index contributed by atoms with van der Waals surface area (Å²) in [5.41, 5.74) is 0. The molecule has 1 unspecified atom stereocenters. The molecule has 0 fully saturated rings. The van der Waals surface area contributed by atoms with Crippen LogP contribution in [-0.4, -0.2) is 0 Å². The molecule has 1 atom stereocenters. The van der Waals surface area contributed by atoms with E-state index in [0.717, 1.165) is 5.92 Å². The van der Waals surface area contributed by atoms with Gasteiger partial charge in [-0.25, -0.2) is 0 Å². The Morgan fingerprint density at radius 3 is 1.33 bits per heavy atom. The molecule has 0 aromatic carbocycles. The Morgan fingerprint density at radius 1 is 0.444 bits per heavy atom. The van der Waals surface area contributed by atoms with Crippen molar-refractivity contribution in [2.24, 2.45) is 5.92 Å². The summed E-state index contributed by atoms with van der Waals surface area (Å²) in [6, 6.07) is 0. The minimum absolute atomic E-state index is 0.961. The van der Waals surface area contributed by atoms with Gasteiger partial charge in [-0.05, 0) is 25.2 Å². The standard InChI is InChI=1S/C27H54/c1-4-6-8-10-12-14-16-18-20-22-24-26-27(3)25-23-21-19-17-15-13-11-9-7-5-2/h8,10,27H,4-7,9,11-26H2,1-3H3/b10-8-. The molecule has 0 rings (SSSR count). The Balaban J connectivity index is 3.16. The maximum atomic E-state index is 2.48. The first kappa shape index (κ1) is 26.7. The molecule has 0 bridgehead atoms. The quantitative estimate of drug-likeness (QED) is 0.130. The molecule has 0 aromatic heterocycles. The third kappa shape index (κ3) is 23.7. The van der Waals surface area contributed by atoms with E-state index in [9.17, 15) is 0 Å². The van der Waals surface area contributed by atoms with Gasteiger partial charge < -0.3 is 0 Å². The molecule has 0 N–H and O–H groups in total. The van der Waals surface area contributed by atoms with Crippen LogP contribution in [0.25, 0.3) is 0 Å². The van der Waals surface area contributed by atoms with E-state index in [2.05, 4.69) is 32.9 Å². The van der Waals surface area contributed by atoms with E-state index in [0.29, 0.717) is 0 Å². The van der Waals surface area contributed by atoms with Crippen molar-refractivity contribution in [1.82, 2.24) is 0 Å². The fourth-order valence-corrected chi connectivity index (χ4v) is 3.99. The number of hydrogen-bond acceptors (Lipinski definition) is 0. The highest BCUT2D eigenvalue weighted by Gasteiger charge is 2.02. The number of rotatable bonds is 22. The second-order valence-corrected chi connectivity index (χ2v) is 9.03. The molecular weight excluding hydrogens is 324 g/mol. The van der Waals surface area contributed by atoms with Gasteiger partial charge in [-0.15, -0.1) is 0 Å². The molecule has 0 nitrogen and oxygen atoms in total. The van der Waals surface area contributed by atoms with Gasteiger partial charge in [0.05, 0.1) is 0 Å². The van der Waals surface area contributed by atoms with Crippen LogP contribution in [0.15, 0.2) is 12.2 Å². The first-order valence-electron chi connectivity index (χ1n) is 13.0. The molecule has 0 heterocycles. The van der Waals surface area contributed by atoms with Crippen molar-refractivity contribution < 1.29 is 0 Å². The van der Waals surface area contributed by atoms with Crippen molar-refractivity contribution in [3.63, 3.8) is 0 Å².